The second-order valence-corrected chi connectivity index (χ2v) is 11.9. The van der Waals surface area contributed by atoms with Gasteiger partial charge in [0.05, 0.1) is 11.4 Å². The summed E-state index contributed by atoms with van der Waals surface area (Å²) in [4.78, 5) is 15.1. The highest BCUT2D eigenvalue weighted by molar-refractivity contribution is 7.89. The molecule has 1 amide bonds. The van der Waals surface area contributed by atoms with Crippen molar-refractivity contribution in [2.45, 2.75) is 63.3 Å². The molecular formula is C24H37N3O3S. The summed E-state index contributed by atoms with van der Waals surface area (Å²) >= 11 is 0. The Kier molecular flexibility index (Phi) is 7.04. The van der Waals surface area contributed by atoms with Crippen molar-refractivity contribution in [1.29, 1.82) is 0 Å². The molecule has 1 aromatic carbocycles. The number of piperidine rings is 1. The molecule has 0 aromatic heterocycles. The maximum Gasteiger partial charge on any atom is 0.240 e. The third-order valence-electron chi connectivity index (χ3n) is 7.69. The van der Waals surface area contributed by atoms with E-state index >= 15 is 0 Å². The van der Waals surface area contributed by atoms with Crippen LogP contribution < -0.4 is 10.0 Å². The fourth-order valence-electron chi connectivity index (χ4n) is 6.01. The summed E-state index contributed by atoms with van der Waals surface area (Å²) in [6.07, 6.45) is 7.32. The number of nitrogens with one attached hydrogen (secondary N) is 2. The zero-order chi connectivity index (χ0) is 22.0. The van der Waals surface area contributed by atoms with Gasteiger partial charge in [-0.25, -0.2) is 13.1 Å². The molecule has 1 heterocycles. The third-order valence-corrected chi connectivity index (χ3v) is 9.13. The van der Waals surface area contributed by atoms with Gasteiger partial charge in [-0.1, -0.05) is 24.1 Å². The van der Waals surface area contributed by atoms with Crippen LogP contribution in [0.15, 0.2) is 29.2 Å². The average molecular weight is 448 g/mol. The van der Waals surface area contributed by atoms with E-state index in [1.54, 1.807) is 12.1 Å². The molecule has 2 bridgehead atoms. The highest BCUT2D eigenvalue weighted by Crippen LogP contribution is 2.49. The molecular weight excluding hydrogens is 410 g/mol. The summed E-state index contributed by atoms with van der Waals surface area (Å²) in [5.74, 6) is 2.68. The van der Waals surface area contributed by atoms with Crippen LogP contribution in [0.4, 0.5) is 0 Å². The molecule has 6 nitrogen and oxygen atoms in total. The van der Waals surface area contributed by atoms with Crippen LogP contribution in [0.1, 0.15) is 51.0 Å². The van der Waals surface area contributed by atoms with E-state index in [9.17, 15) is 13.2 Å². The van der Waals surface area contributed by atoms with Crippen LogP contribution in [0.2, 0.25) is 0 Å². The quantitative estimate of drug-likeness (QED) is 0.642. The molecule has 31 heavy (non-hydrogen) atoms. The maximum atomic E-state index is 12.7. The van der Waals surface area contributed by atoms with Crippen LogP contribution in [0.5, 0.6) is 0 Å². The van der Waals surface area contributed by atoms with Gasteiger partial charge in [0.2, 0.25) is 15.9 Å². The second-order valence-electron chi connectivity index (χ2n) is 10.1. The molecule has 0 spiro atoms. The van der Waals surface area contributed by atoms with Crippen molar-refractivity contribution < 1.29 is 13.2 Å². The van der Waals surface area contributed by atoms with E-state index < -0.39 is 10.0 Å². The number of rotatable bonds is 8. The number of amides is 1. The Labute approximate surface area is 187 Å². The number of carbonyl (C=O) groups excluding carboxylic acids is 1. The molecule has 3 aliphatic rings. The molecule has 2 aliphatic carbocycles. The molecule has 5 atom stereocenters. The summed E-state index contributed by atoms with van der Waals surface area (Å²) in [5.41, 5.74) is 1.04. The highest BCUT2D eigenvalue weighted by Gasteiger charge is 2.42. The van der Waals surface area contributed by atoms with Crippen LogP contribution in [-0.2, 0) is 14.8 Å². The summed E-state index contributed by atoms with van der Waals surface area (Å²) in [5, 5.41) is 3.26. The summed E-state index contributed by atoms with van der Waals surface area (Å²) < 4.78 is 27.9. The molecule has 0 radical (unpaired) electrons. The summed E-state index contributed by atoms with van der Waals surface area (Å²) in [6, 6.07) is 7.17. The van der Waals surface area contributed by atoms with Gasteiger partial charge in [-0.2, -0.15) is 0 Å². The Hall–Kier alpha value is -1.44. The number of hydrogen-bond acceptors (Lipinski definition) is 4. The second kappa shape index (κ2) is 9.59. The van der Waals surface area contributed by atoms with Gasteiger partial charge in [0.15, 0.2) is 0 Å². The number of fused-ring (bicyclic) bond motifs is 2. The van der Waals surface area contributed by atoms with E-state index in [0.29, 0.717) is 23.9 Å². The first kappa shape index (κ1) is 22.7. The lowest BCUT2D eigenvalue weighted by molar-refractivity contribution is -0.123. The molecule has 3 fully saturated rings. The average Bonchev–Trinajstić information content (AvgIpc) is 3.37. The van der Waals surface area contributed by atoms with Gasteiger partial charge in [-0.3, -0.25) is 9.69 Å². The zero-order valence-electron chi connectivity index (χ0n) is 18.8. The Morgan fingerprint density at radius 2 is 1.94 bits per heavy atom. The molecule has 4 rings (SSSR count). The van der Waals surface area contributed by atoms with Gasteiger partial charge in [-0.05, 0) is 88.3 Å². The van der Waals surface area contributed by atoms with E-state index in [-0.39, 0.29) is 17.9 Å². The topological polar surface area (TPSA) is 78.5 Å². The number of aryl methyl sites for hydroxylation is 1. The van der Waals surface area contributed by atoms with Crippen molar-refractivity contribution in [3.8, 4) is 0 Å². The highest BCUT2D eigenvalue weighted by atomic mass is 32.2. The van der Waals surface area contributed by atoms with Crippen molar-refractivity contribution in [3.05, 3.63) is 29.8 Å². The monoisotopic (exact) mass is 447 g/mol. The molecule has 1 saturated heterocycles. The van der Waals surface area contributed by atoms with Gasteiger partial charge >= 0.3 is 0 Å². The first-order chi connectivity index (χ1) is 14.8. The summed E-state index contributed by atoms with van der Waals surface area (Å²) in [6.45, 7) is 6.59. The van der Waals surface area contributed by atoms with E-state index in [1.165, 1.54) is 25.7 Å². The van der Waals surface area contributed by atoms with E-state index in [0.717, 1.165) is 43.3 Å². The number of nitrogens with zero attached hydrogens (tertiary/aromatic N) is 1. The van der Waals surface area contributed by atoms with Crippen molar-refractivity contribution in [1.82, 2.24) is 14.9 Å². The van der Waals surface area contributed by atoms with Crippen LogP contribution in [0.25, 0.3) is 0 Å². The van der Waals surface area contributed by atoms with Crippen LogP contribution >= 0.6 is 0 Å². The van der Waals surface area contributed by atoms with E-state index in [4.69, 9.17) is 0 Å². The SMILES string of the molecule is Cc1ccc(S(=O)(=O)NC[C@@H]2CCCN(CC(=O)N[C@H](C)[C@H]3C[C@H]4CC[C@H]3C4)C2)cc1. The molecule has 1 aliphatic heterocycles. The first-order valence-corrected chi connectivity index (χ1v) is 13.4. The number of hydrogen-bond donors (Lipinski definition) is 2. The fourth-order valence-corrected chi connectivity index (χ4v) is 7.12. The van der Waals surface area contributed by atoms with Gasteiger partial charge in [-0.15, -0.1) is 0 Å². The largest absolute Gasteiger partial charge is 0.352 e. The third kappa shape index (κ3) is 5.68. The molecule has 2 saturated carbocycles. The number of carbonyl (C=O) groups is 1. The number of likely N-dealkylation sites (tertiary alicyclic amines) is 1. The van der Waals surface area contributed by atoms with Gasteiger partial charge in [0.1, 0.15) is 0 Å². The predicted molar refractivity (Wildman–Crippen MR) is 122 cm³/mol. The van der Waals surface area contributed by atoms with Gasteiger partial charge in [0, 0.05) is 19.1 Å². The van der Waals surface area contributed by atoms with Crippen molar-refractivity contribution in [2.24, 2.45) is 23.7 Å². The minimum absolute atomic E-state index is 0.108. The van der Waals surface area contributed by atoms with Crippen molar-refractivity contribution in [3.63, 3.8) is 0 Å². The van der Waals surface area contributed by atoms with Gasteiger partial charge < -0.3 is 5.32 Å². The Morgan fingerprint density at radius 3 is 2.61 bits per heavy atom. The normalized spacial score (nSPS) is 29.7. The zero-order valence-corrected chi connectivity index (χ0v) is 19.7. The Balaban J connectivity index is 1.23. The van der Waals surface area contributed by atoms with Crippen LogP contribution in [0.3, 0.4) is 0 Å². The smallest absolute Gasteiger partial charge is 0.240 e. The molecule has 2 N–H and O–H groups in total. The fraction of sp³-hybridized carbons (Fsp3) is 0.708. The minimum Gasteiger partial charge on any atom is -0.352 e. The molecule has 172 valence electrons. The molecule has 7 heteroatoms. The van der Waals surface area contributed by atoms with Crippen molar-refractivity contribution in [2.75, 3.05) is 26.2 Å². The lowest BCUT2D eigenvalue weighted by atomic mass is 9.84. The standard InChI is InChI=1S/C24H37N3O3S/c1-17-5-9-22(10-6-17)31(29,30)25-14-20-4-3-11-27(15-20)16-24(28)26-18(2)23-13-19-7-8-21(23)12-19/h5-6,9-10,18-21,23,25H,3-4,7-8,11-16H2,1-2H3,(H,26,28)/t18-,19+,20+,21+,23-/m1/s1. The number of benzene rings is 1. The van der Waals surface area contributed by atoms with Crippen molar-refractivity contribution >= 4 is 15.9 Å². The Morgan fingerprint density at radius 1 is 1.16 bits per heavy atom. The molecule has 1 aromatic rings. The van der Waals surface area contributed by atoms with Crippen LogP contribution in [-0.4, -0.2) is 51.4 Å². The lowest BCUT2D eigenvalue weighted by Gasteiger charge is -2.33. The first-order valence-electron chi connectivity index (χ1n) is 11.9. The predicted octanol–water partition coefficient (Wildman–Crippen LogP) is 2.93. The maximum absolute atomic E-state index is 12.7. The summed E-state index contributed by atoms with van der Waals surface area (Å²) in [7, 11) is -3.49. The number of sulfonamides is 1. The van der Waals surface area contributed by atoms with Gasteiger partial charge in [0.25, 0.3) is 0 Å². The van der Waals surface area contributed by atoms with Crippen LogP contribution in [0, 0.1) is 30.6 Å². The van der Waals surface area contributed by atoms with E-state index in [1.807, 2.05) is 19.1 Å². The molecule has 0 unspecified atom stereocenters. The van der Waals surface area contributed by atoms with E-state index in [2.05, 4.69) is 21.9 Å². The minimum atomic E-state index is -3.49. The Bertz CT molecular complexity index is 871. The lowest BCUT2D eigenvalue weighted by Crippen LogP contribution is -2.48.